The number of benzene rings is 1. The van der Waals surface area contributed by atoms with Gasteiger partial charge in [0.2, 0.25) is 0 Å². The minimum atomic E-state index is -0.571. The molecule has 0 saturated carbocycles. The van der Waals surface area contributed by atoms with Crippen LogP contribution in [0.5, 0.6) is 11.5 Å². The molecule has 0 bridgehead atoms. The van der Waals surface area contributed by atoms with Crippen LogP contribution in [-0.2, 0) is 6.42 Å². The van der Waals surface area contributed by atoms with E-state index in [1.54, 1.807) is 0 Å². The first-order valence-corrected chi connectivity index (χ1v) is 8.51. The first-order valence-electron chi connectivity index (χ1n) is 8.51. The van der Waals surface area contributed by atoms with Gasteiger partial charge in [0.1, 0.15) is 47.1 Å². The van der Waals surface area contributed by atoms with Crippen molar-refractivity contribution in [2.45, 2.75) is 34.8 Å². The Morgan fingerprint density at radius 1 is 1.00 bits per heavy atom. The van der Waals surface area contributed by atoms with E-state index in [0.29, 0.717) is 0 Å². The van der Waals surface area contributed by atoms with Crippen LogP contribution in [0.3, 0.4) is 0 Å². The van der Waals surface area contributed by atoms with Gasteiger partial charge < -0.3 is 14.8 Å². The molecule has 11 heteroatoms. The first-order chi connectivity index (χ1) is 10.2. The van der Waals surface area contributed by atoms with E-state index in [-0.39, 0.29) is 15.9 Å². The van der Waals surface area contributed by atoms with Crippen molar-refractivity contribution in [1.82, 2.24) is 5.32 Å². The van der Waals surface area contributed by atoms with Crippen molar-refractivity contribution in [3.05, 3.63) is 23.8 Å². The van der Waals surface area contributed by atoms with Gasteiger partial charge in [0, 0.05) is 0 Å². The standard InChI is InChI=1S/C12H25B8NO2/c1-9(13,14)10(15,21-11(16,17)18)5-6-2-3-7-8(4-6)23-12(19,20)22-7/h2-4,21H,5,13-20H2,1H3. The summed E-state index contributed by atoms with van der Waals surface area (Å²) in [5, 5.41) is 4.01. The quantitative estimate of drug-likeness (QED) is 0.549. The molecule has 0 aromatic heterocycles. The molecule has 3 nitrogen and oxygen atoms in total. The Balaban J connectivity index is 2.29. The van der Waals surface area contributed by atoms with Crippen molar-refractivity contribution in [3.8, 4) is 11.5 Å². The van der Waals surface area contributed by atoms with Gasteiger partial charge >= 0.3 is 0 Å². The second kappa shape index (κ2) is 5.68. The highest BCUT2D eigenvalue weighted by atomic mass is 16.7. The largest absolute Gasteiger partial charge is 0.467 e. The van der Waals surface area contributed by atoms with E-state index >= 15 is 0 Å². The van der Waals surface area contributed by atoms with Crippen LogP contribution in [0.4, 0.5) is 0 Å². The molecule has 2 rings (SSSR count). The lowest BCUT2D eigenvalue weighted by Crippen LogP contribution is -2.66. The molecule has 1 aromatic carbocycles. The van der Waals surface area contributed by atoms with Crippen molar-refractivity contribution in [3.63, 3.8) is 0 Å². The average Bonchev–Trinajstić information content (AvgIpc) is 2.58. The van der Waals surface area contributed by atoms with E-state index in [9.17, 15) is 0 Å². The fraction of sp³-hybridized carbons (Fsp3) is 0.500. The molecule has 0 saturated heterocycles. The summed E-state index contributed by atoms with van der Waals surface area (Å²) in [6, 6.07) is 6.30. The Bertz CT molecular complexity index is 598. The zero-order valence-corrected chi connectivity index (χ0v) is 16.3. The van der Waals surface area contributed by atoms with Gasteiger partial charge in [0.25, 0.3) is 0 Å². The highest BCUT2D eigenvalue weighted by Crippen LogP contribution is 2.39. The third-order valence-corrected chi connectivity index (χ3v) is 4.58. The van der Waals surface area contributed by atoms with Crippen LogP contribution in [0.1, 0.15) is 12.5 Å². The Morgan fingerprint density at radius 2 is 1.57 bits per heavy atom. The predicted octanol–water partition coefficient (Wildman–Crippen LogP) is -6.29. The van der Waals surface area contributed by atoms with Crippen LogP contribution < -0.4 is 14.8 Å². The van der Waals surface area contributed by atoms with Crippen LogP contribution >= 0.6 is 0 Å². The van der Waals surface area contributed by atoms with Gasteiger partial charge in [-0.25, -0.2) is 0 Å². The Kier molecular flexibility index (Phi) is 4.60. The van der Waals surface area contributed by atoms with Crippen molar-refractivity contribution < 1.29 is 9.47 Å². The molecular formula is C12H25B8NO2. The number of hydrogen-bond donors (Lipinski definition) is 1. The number of ether oxygens (including phenoxy) is 2. The molecule has 23 heavy (non-hydrogen) atoms. The van der Waals surface area contributed by atoms with Crippen molar-refractivity contribution in [2.75, 3.05) is 0 Å². The third kappa shape index (κ3) is 4.43. The van der Waals surface area contributed by atoms with Crippen molar-refractivity contribution in [1.29, 1.82) is 0 Å². The van der Waals surface area contributed by atoms with Gasteiger partial charge in [-0.1, -0.05) is 23.4 Å². The van der Waals surface area contributed by atoms with E-state index in [1.165, 1.54) is 5.56 Å². The smallest absolute Gasteiger partial charge is 0.197 e. The second-order valence-electron chi connectivity index (χ2n) is 9.52. The number of fused-ring (bicyclic) bond motifs is 1. The maximum atomic E-state index is 5.89. The molecule has 1 aromatic rings. The average molecular weight is 302 g/mol. The molecule has 1 heterocycles. The molecule has 1 N–H and O–H groups in total. The summed E-state index contributed by atoms with van der Waals surface area (Å²) in [6.45, 7) is 2.29. The maximum absolute atomic E-state index is 5.89. The molecule has 1 aliphatic heterocycles. The van der Waals surface area contributed by atoms with Gasteiger partial charge in [-0.05, 0) is 29.6 Å². The summed E-state index contributed by atoms with van der Waals surface area (Å²) >= 11 is 0. The number of hydrogen-bond acceptors (Lipinski definition) is 3. The van der Waals surface area contributed by atoms with Gasteiger partial charge in [-0.3, -0.25) is 0 Å². The molecular weight excluding hydrogens is 277 g/mol. The summed E-state index contributed by atoms with van der Waals surface area (Å²) in [5.41, 5.74) is 0.658. The molecule has 0 amide bonds. The van der Waals surface area contributed by atoms with Crippen LogP contribution in [0, 0.1) is 0 Å². The molecule has 0 radical (unpaired) electrons. The molecule has 0 fully saturated rings. The minimum absolute atomic E-state index is 0.0333. The summed E-state index contributed by atoms with van der Waals surface area (Å²) in [4.78, 5) is 0. The van der Waals surface area contributed by atoms with E-state index < -0.39 is 5.59 Å². The van der Waals surface area contributed by atoms with Crippen LogP contribution in [0.2, 0.25) is 5.21 Å². The topological polar surface area (TPSA) is 30.5 Å². The number of nitrogens with one attached hydrogen (secondary N) is 1. The van der Waals surface area contributed by atoms with Crippen LogP contribution in [0.25, 0.3) is 0 Å². The summed E-state index contributed by atoms with van der Waals surface area (Å²) in [5.74, 6) is 1.68. The molecule has 114 valence electrons. The first kappa shape index (κ1) is 18.6. The van der Waals surface area contributed by atoms with E-state index in [4.69, 9.17) is 9.47 Å². The zero-order chi connectivity index (χ0) is 17.7. The van der Waals surface area contributed by atoms with E-state index in [0.717, 1.165) is 17.9 Å². The second-order valence-corrected chi connectivity index (χ2v) is 9.52. The summed E-state index contributed by atoms with van der Waals surface area (Å²) in [7, 11) is 17.4. The third-order valence-electron chi connectivity index (χ3n) is 4.58. The van der Waals surface area contributed by atoms with Gasteiger partial charge in [0.15, 0.2) is 32.8 Å². The SMILES string of the molecule is BC(B)(B)NC(B)(Cc1ccc2c(c1)OC(B)(B)O2)C(B)(B)C. The highest BCUT2D eigenvalue weighted by molar-refractivity contribution is 6.59. The highest BCUT2D eigenvalue weighted by Gasteiger charge is 2.39. The van der Waals surface area contributed by atoms with E-state index in [1.807, 2.05) is 21.8 Å². The van der Waals surface area contributed by atoms with Gasteiger partial charge in [-0.2, -0.15) is 0 Å². The molecule has 1 unspecified atom stereocenters. The predicted molar refractivity (Wildman–Crippen MR) is 119 cm³/mol. The summed E-state index contributed by atoms with van der Waals surface area (Å²) < 4.78 is 11.7. The maximum Gasteiger partial charge on any atom is 0.197 e. The molecule has 1 aliphatic rings. The zero-order valence-electron chi connectivity index (χ0n) is 16.3. The lowest BCUT2D eigenvalue weighted by molar-refractivity contribution is 0.0833. The summed E-state index contributed by atoms with van der Waals surface area (Å²) in [6.07, 6.45) is 0.935. The molecule has 1 atom stereocenters. The lowest BCUT2D eigenvalue weighted by Gasteiger charge is -2.48. The van der Waals surface area contributed by atoms with Gasteiger partial charge in [0.05, 0.1) is 0 Å². The molecule has 0 aliphatic carbocycles. The normalized spacial score (nSPS) is 19.2. The van der Waals surface area contributed by atoms with Crippen molar-refractivity contribution in [2.24, 2.45) is 0 Å². The number of rotatable bonds is 5. The fourth-order valence-corrected chi connectivity index (χ4v) is 3.11. The van der Waals surface area contributed by atoms with Crippen LogP contribution in [0.15, 0.2) is 18.2 Å². The van der Waals surface area contributed by atoms with Gasteiger partial charge in [-0.15, -0.1) is 0 Å². The van der Waals surface area contributed by atoms with Crippen molar-refractivity contribution >= 4 is 62.8 Å². The molecule has 0 spiro atoms. The Labute approximate surface area is 148 Å². The van der Waals surface area contributed by atoms with Crippen LogP contribution in [-0.4, -0.2) is 79.0 Å². The monoisotopic (exact) mass is 303 g/mol. The van der Waals surface area contributed by atoms with E-state index in [2.05, 4.69) is 71.5 Å². The lowest BCUT2D eigenvalue weighted by atomic mass is 9.37. The Morgan fingerprint density at radius 3 is 2.09 bits per heavy atom. The fourth-order valence-electron chi connectivity index (χ4n) is 3.11. The Hall–Kier alpha value is -0.701. The minimum Gasteiger partial charge on any atom is -0.467 e.